The number of carbonyl (C=O) groups excluding carboxylic acids is 1. The Morgan fingerprint density at radius 3 is 2.48 bits per heavy atom. The Balaban J connectivity index is 1.62. The second kappa shape index (κ2) is 5.88. The molecule has 1 saturated heterocycles. The molecule has 6 heteroatoms. The summed E-state index contributed by atoms with van der Waals surface area (Å²) in [5.41, 5.74) is 3.35. The number of fused-ring (bicyclic) bond motifs is 1. The summed E-state index contributed by atoms with van der Waals surface area (Å²) < 4.78 is 25.5. The number of hydrogen-bond acceptors (Lipinski definition) is 3. The molecule has 2 aliphatic rings. The molecule has 5 nitrogen and oxygen atoms in total. The number of rotatable bonds is 2. The highest BCUT2D eigenvalue weighted by Crippen LogP contribution is 2.33. The van der Waals surface area contributed by atoms with Crippen molar-refractivity contribution in [2.45, 2.75) is 25.8 Å². The maximum Gasteiger partial charge on any atom is 0.258 e. The Morgan fingerprint density at radius 2 is 1.80 bits per heavy atom. The van der Waals surface area contributed by atoms with Gasteiger partial charge >= 0.3 is 0 Å². The number of carbonyl (C=O) groups is 1. The second-order valence-electron chi connectivity index (χ2n) is 6.65. The first kappa shape index (κ1) is 16.1. The standard InChI is InChI=1S/C19H20N2O3S/c1-14-13-16-5-2-3-6-18(16)21(14)19(22)15-7-9-17(10-8-15)20-11-4-12-25(20,23)24/h2-3,5-10,14H,4,11-13H2,1H3/t14-/m1/s1. The molecule has 130 valence electrons. The Labute approximate surface area is 147 Å². The quantitative estimate of drug-likeness (QED) is 0.831. The van der Waals surface area contributed by atoms with Crippen LogP contribution in [0.25, 0.3) is 0 Å². The molecule has 25 heavy (non-hydrogen) atoms. The molecule has 0 N–H and O–H groups in total. The molecule has 2 aromatic carbocycles. The second-order valence-corrected chi connectivity index (χ2v) is 8.66. The van der Waals surface area contributed by atoms with E-state index in [1.165, 1.54) is 9.87 Å². The topological polar surface area (TPSA) is 57.7 Å². The van der Waals surface area contributed by atoms with E-state index in [1.54, 1.807) is 24.3 Å². The molecule has 0 radical (unpaired) electrons. The van der Waals surface area contributed by atoms with Crippen LogP contribution in [0.1, 0.15) is 29.3 Å². The van der Waals surface area contributed by atoms with Gasteiger partial charge in [-0.3, -0.25) is 9.10 Å². The minimum Gasteiger partial charge on any atom is -0.305 e. The molecule has 0 bridgehead atoms. The van der Waals surface area contributed by atoms with Crippen LogP contribution in [0, 0.1) is 0 Å². The van der Waals surface area contributed by atoms with Gasteiger partial charge in [-0.1, -0.05) is 18.2 Å². The van der Waals surface area contributed by atoms with Crippen LogP contribution in [0.15, 0.2) is 48.5 Å². The Kier molecular flexibility index (Phi) is 3.80. The van der Waals surface area contributed by atoms with Crippen molar-refractivity contribution in [1.82, 2.24) is 0 Å². The molecule has 0 saturated carbocycles. The summed E-state index contributed by atoms with van der Waals surface area (Å²) in [5.74, 6) is 0.142. The lowest BCUT2D eigenvalue weighted by Crippen LogP contribution is -2.35. The molecule has 2 heterocycles. The highest BCUT2D eigenvalue weighted by Gasteiger charge is 2.32. The van der Waals surface area contributed by atoms with Crippen molar-refractivity contribution in [3.63, 3.8) is 0 Å². The predicted molar refractivity (Wildman–Crippen MR) is 98.6 cm³/mol. The first-order valence-corrected chi connectivity index (χ1v) is 10.1. The molecule has 0 aromatic heterocycles. The van der Waals surface area contributed by atoms with Gasteiger partial charge in [0.15, 0.2) is 0 Å². The van der Waals surface area contributed by atoms with Crippen molar-refractivity contribution < 1.29 is 13.2 Å². The van der Waals surface area contributed by atoms with Crippen LogP contribution in [0.3, 0.4) is 0 Å². The van der Waals surface area contributed by atoms with Crippen molar-refractivity contribution in [1.29, 1.82) is 0 Å². The van der Waals surface area contributed by atoms with Crippen LogP contribution < -0.4 is 9.21 Å². The van der Waals surface area contributed by atoms with Crippen molar-refractivity contribution in [3.05, 3.63) is 59.7 Å². The predicted octanol–water partition coefficient (Wildman–Crippen LogP) is 2.82. The van der Waals surface area contributed by atoms with Gasteiger partial charge in [0.1, 0.15) is 0 Å². The number of para-hydroxylation sites is 1. The van der Waals surface area contributed by atoms with Crippen molar-refractivity contribution >= 4 is 27.3 Å². The van der Waals surface area contributed by atoms with Crippen LogP contribution in [0.4, 0.5) is 11.4 Å². The third-order valence-corrected chi connectivity index (χ3v) is 6.80. The number of nitrogens with zero attached hydrogens (tertiary/aromatic N) is 2. The summed E-state index contributed by atoms with van der Waals surface area (Å²) in [6.07, 6.45) is 1.50. The van der Waals surface area contributed by atoms with E-state index in [4.69, 9.17) is 0 Å². The van der Waals surface area contributed by atoms with E-state index in [0.717, 1.165) is 12.1 Å². The molecule has 0 spiro atoms. The van der Waals surface area contributed by atoms with Crippen molar-refractivity contribution in [2.24, 2.45) is 0 Å². The smallest absolute Gasteiger partial charge is 0.258 e. The minimum atomic E-state index is -3.20. The van der Waals surface area contributed by atoms with E-state index in [0.29, 0.717) is 24.2 Å². The average molecular weight is 356 g/mol. The van der Waals surface area contributed by atoms with Gasteiger partial charge in [0.25, 0.3) is 5.91 Å². The average Bonchev–Trinajstić information content (AvgIpc) is 3.12. The minimum absolute atomic E-state index is 0.0479. The fourth-order valence-corrected chi connectivity index (χ4v) is 5.28. The summed E-state index contributed by atoms with van der Waals surface area (Å²) in [4.78, 5) is 14.8. The van der Waals surface area contributed by atoms with Gasteiger partial charge in [0.2, 0.25) is 10.0 Å². The Morgan fingerprint density at radius 1 is 1.08 bits per heavy atom. The fourth-order valence-electron chi connectivity index (χ4n) is 3.71. The van der Waals surface area contributed by atoms with E-state index in [-0.39, 0.29) is 17.7 Å². The van der Waals surface area contributed by atoms with Crippen LogP contribution in [-0.2, 0) is 16.4 Å². The van der Waals surface area contributed by atoms with Gasteiger partial charge in [0.05, 0.1) is 11.4 Å². The lowest BCUT2D eigenvalue weighted by Gasteiger charge is -2.23. The van der Waals surface area contributed by atoms with E-state index in [2.05, 4.69) is 6.07 Å². The van der Waals surface area contributed by atoms with Crippen molar-refractivity contribution in [2.75, 3.05) is 21.5 Å². The van der Waals surface area contributed by atoms with Crippen LogP contribution >= 0.6 is 0 Å². The van der Waals surface area contributed by atoms with E-state index in [1.807, 2.05) is 30.0 Å². The molecular weight excluding hydrogens is 336 g/mol. The molecule has 2 aliphatic heterocycles. The van der Waals surface area contributed by atoms with Gasteiger partial charge in [-0.2, -0.15) is 0 Å². The molecule has 1 amide bonds. The third kappa shape index (κ3) is 2.70. The zero-order valence-corrected chi connectivity index (χ0v) is 14.9. The molecule has 1 fully saturated rings. The number of anilines is 2. The summed E-state index contributed by atoms with van der Waals surface area (Å²) in [6.45, 7) is 2.55. The summed E-state index contributed by atoms with van der Waals surface area (Å²) in [5, 5.41) is 0. The summed E-state index contributed by atoms with van der Waals surface area (Å²) in [7, 11) is -3.20. The largest absolute Gasteiger partial charge is 0.305 e. The van der Waals surface area contributed by atoms with Crippen LogP contribution in [-0.4, -0.2) is 32.7 Å². The van der Waals surface area contributed by atoms with Gasteiger partial charge < -0.3 is 4.90 Å². The maximum absolute atomic E-state index is 13.0. The van der Waals surface area contributed by atoms with E-state index < -0.39 is 10.0 Å². The van der Waals surface area contributed by atoms with Gasteiger partial charge in [0, 0.05) is 23.8 Å². The zero-order valence-electron chi connectivity index (χ0n) is 14.1. The number of benzene rings is 2. The lowest BCUT2D eigenvalue weighted by molar-refractivity contribution is 0.0981. The molecule has 1 atom stereocenters. The van der Waals surface area contributed by atoms with Crippen molar-refractivity contribution in [3.8, 4) is 0 Å². The number of amides is 1. The number of sulfonamides is 1. The first-order chi connectivity index (χ1) is 12.0. The molecular formula is C19H20N2O3S. The molecule has 0 unspecified atom stereocenters. The maximum atomic E-state index is 13.0. The summed E-state index contributed by atoms with van der Waals surface area (Å²) >= 11 is 0. The Bertz CT molecular complexity index is 922. The summed E-state index contributed by atoms with van der Waals surface area (Å²) in [6, 6.07) is 15.0. The highest BCUT2D eigenvalue weighted by molar-refractivity contribution is 7.93. The molecule has 0 aliphatic carbocycles. The Hall–Kier alpha value is -2.34. The van der Waals surface area contributed by atoms with Crippen LogP contribution in [0.2, 0.25) is 0 Å². The van der Waals surface area contributed by atoms with Gasteiger partial charge in [-0.05, 0) is 55.7 Å². The monoisotopic (exact) mass is 356 g/mol. The SMILES string of the molecule is C[C@@H]1Cc2ccccc2N1C(=O)c1ccc(N2CCCS2(=O)=O)cc1. The van der Waals surface area contributed by atoms with Gasteiger partial charge in [-0.15, -0.1) is 0 Å². The lowest BCUT2D eigenvalue weighted by atomic mass is 10.1. The van der Waals surface area contributed by atoms with E-state index >= 15 is 0 Å². The zero-order chi connectivity index (χ0) is 17.6. The highest BCUT2D eigenvalue weighted by atomic mass is 32.2. The molecule has 2 aromatic rings. The third-order valence-electron chi connectivity index (χ3n) is 4.93. The molecule has 4 rings (SSSR count). The fraction of sp³-hybridized carbons (Fsp3) is 0.316. The first-order valence-electron chi connectivity index (χ1n) is 8.49. The van der Waals surface area contributed by atoms with E-state index in [9.17, 15) is 13.2 Å². The number of hydrogen-bond donors (Lipinski definition) is 0. The van der Waals surface area contributed by atoms with Gasteiger partial charge in [-0.25, -0.2) is 8.42 Å². The normalized spacial score (nSPS) is 21.4. The van der Waals surface area contributed by atoms with Crippen LogP contribution in [0.5, 0.6) is 0 Å².